The van der Waals surface area contributed by atoms with Crippen molar-refractivity contribution in [2.75, 3.05) is 25.0 Å². The van der Waals surface area contributed by atoms with E-state index in [2.05, 4.69) is 12.2 Å². The number of nitrogens with one attached hydrogen (secondary N) is 1. The van der Waals surface area contributed by atoms with E-state index >= 15 is 0 Å². The van der Waals surface area contributed by atoms with Gasteiger partial charge in [0.1, 0.15) is 18.6 Å². The van der Waals surface area contributed by atoms with Crippen LogP contribution < -0.4 is 10.1 Å². The summed E-state index contributed by atoms with van der Waals surface area (Å²) in [5.74, 6) is 0.904. The molecule has 2 aliphatic heterocycles. The van der Waals surface area contributed by atoms with Gasteiger partial charge in [0.25, 0.3) is 0 Å². The minimum absolute atomic E-state index is 0.0503. The number of nitrogens with zero attached hydrogens (tertiary/aromatic N) is 1. The largest absolute Gasteiger partial charge is 0.491 e. The Bertz CT molecular complexity index is 615. The number of ether oxygens (including phenoxy) is 1. The molecule has 2 heterocycles. The summed E-state index contributed by atoms with van der Waals surface area (Å²) >= 11 is 0. The minimum atomic E-state index is -0.121. The van der Waals surface area contributed by atoms with E-state index in [1.54, 1.807) is 0 Å². The standard InChI is InChI=1S/C18H24N2O3/c1-3-7-20(17(22)4-2)13-8-14-16(23-11-13)6-5-15-18(14)12(10-21)9-19-15/h5-6,10,12-13,19H,3-4,7-9,11H2,1-2H3. The lowest BCUT2D eigenvalue weighted by Gasteiger charge is -2.36. The maximum absolute atomic E-state index is 12.3. The second-order valence-corrected chi connectivity index (χ2v) is 6.24. The third kappa shape index (κ3) is 2.80. The molecule has 2 aliphatic rings. The second kappa shape index (κ2) is 6.60. The van der Waals surface area contributed by atoms with Gasteiger partial charge >= 0.3 is 0 Å². The molecule has 124 valence electrons. The van der Waals surface area contributed by atoms with Crippen molar-refractivity contribution in [2.24, 2.45) is 0 Å². The fourth-order valence-corrected chi connectivity index (χ4v) is 3.64. The summed E-state index contributed by atoms with van der Waals surface area (Å²) in [5.41, 5.74) is 3.17. The highest BCUT2D eigenvalue weighted by Crippen LogP contribution is 2.40. The van der Waals surface area contributed by atoms with Crippen molar-refractivity contribution in [3.63, 3.8) is 0 Å². The fraction of sp³-hybridized carbons (Fsp3) is 0.556. The third-order valence-electron chi connectivity index (χ3n) is 4.76. The van der Waals surface area contributed by atoms with Gasteiger partial charge in [0.2, 0.25) is 5.91 Å². The molecule has 1 amide bonds. The van der Waals surface area contributed by atoms with Crippen molar-refractivity contribution >= 4 is 17.9 Å². The van der Waals surface area contributed by atoms with Crippen LogP contribution in [0.3, 0.4) is 0 Å². The molecule has 0 spiro atoms. The van der Waals surface area contributed by atoms with Gasteiger partial charge in [-0.2, -0.15) is 0 Å². The van der Waals surface area contributed by atoms with Crippen LogP contribution >= 0.6 is 0 Å². The second-order valence-electron chi connectivity index (χ2n) is 6.24. The molecule has 3 rings (SSSR count). The van der Waals surface area contributed by atoms with Crippen LogP contribution in [0.1, 0.15) is 43.7 Å². The van der Waals surface area contributed by atoms with Gasteiger partial charge in [-0.05, 0) is 24.1 Å². The molecular formula is C18H24N2O3. The van der Waals surface area contributed by atoms with E-state index in [1.165, 1.54) is 0 Å². The highest BCUT2D eigenvalue weighted by molar-refractivity contribution is 5.78. The summed E-state index contributed by atoms with van der Waals surface area (Å²) in [5, 5.41) is 3.29. The molecule has 2 atom stereocenters. The minimum Gasteiger partial charge on any atom is -0.491 e. The summed E-state index contributed by atoms with van der Waals surface area (Å²) in [6, 6.07) is 4.00. The Morgan fingerprint density at radius 3 is 2.96 bits per heavy atom. The Hall–Kier alpha value is -2.04. The monoisotopic (exact) mass is 316 g/mol. The van der Waals surface area contributed by atoms with E-state index in [9.17, 15) is 9.59 Å². The summed E-state index contributed by atoms with van der Waals surface area (Å²) in [6.45, 7) is 5.90. The predicted molar refractivity (Wildman–Crippen MR) is 89.0 cm³/mol. The SMILES string of the molecule is CCCN(C(=O)CC)C1COc2ccc3c(c2C1)C(C=O)CN3. The van der Waals surface area contributed by atoms with Crippen LogP contribution in [0.25, 0.3) is 0 Å². The van der Waals surface area contributed by atoms with Gasteiger partial charge in [-0.1, -0.05) is 13.8 Å². The molecule has 5 nitrogen and oxygen atoms in total. The van der Waals surface area contributed by atoms with E-state index in [-0.39, 0.29) is 17.9 Å². The lowest BCUT2D eigenvalue weighted by Crippen LogP contribution is -2.47. The highest BCUT2D eigenvalue weighted by Gasteiger charge is 2.33. The topological polar surface area (TPSA) is 58.6 Å². The molecule has 1 aromatic carbocycles. The van der Waals surface area contributed by atoms with Gasteiger partial charge in [0.15, 0.2) is 0 Å². The summed E-state index contributed by atoms with van der Waals surface area (Å²) in [6.07, 6.45) is 3.20. The van der Waals surface area contributed by atoms with Crippen molar-refractivity contribution in [1.82, 2.24) is 4.90 Å². The van der Waals surface area contributed by atoms with Gasteiger partial charge < -0.3 is 19.7 Å². The molecule has 2 unspecified atom stereocenters. The molecule has 0 saturated heterocycles. The van der Waals surface area contributed by atoms with Crippen molar-refractivity contribution in [2.45, 2.75) is 45.1 Å². The van der Waals surface area contributed by atoms with Gasteiger partial charge in [-0.15, -0.1) is 0 Å². The van der Waals surface area contributed by atoms with Crippen LogP contribution in [0.2, 0.25) is 0 Å². The van der Waals surface area contributed by atoms with E-state index < -0.39 is 0 Å². The molecule has 0 fully saturated rings. The number of fused-ring (bicyclic) bond motifs is 3. The van der Waals surface area contributed by atoms with E-state index in [0.29, 0.717) is 19.6 Å². The lowest BCUT2D eigenvalue weighted by atomic mass is 9.90. The van der Waals surface area contributed by atoms with Gasteiger partial charge in [0, 0.05) is 37.2 Å². The number of hydrogen-bond acceptors (Lipinski definition) is 4. The quantitative estimate of drug-likeness (QED) is 0.847. The highest BCUT2D eigenvalue weighted by atomic mass is 16.5. The molecule has 23 heavy (non-hydrogen) atoms. The fourth-order valence-electron chi connectivity index (χ4n) is 3.64. The van der Waals surface area contributed by atoms with Crippen LogP contribution in [0, 0.1) is 0 Å². The number of amides is 1. The van der Waals surface area contributed by atoms with Crippen LogP contribution in [-0.4, -0.2) is 42.8 Å². The first-order valence-corrected chi connectivity index (χ1v) is 8.46. The van der Waals surface area contributed by atoms with Crippen molar-refractivity contribution in [1.29, 1.82) is 0 Å². The Kier molecular flexibility index (Phi) is 4.55. The zero-order chi connectivity index (χ0) is 16.4. The number of carbonyl (C=O) groups is 2. The smallest absolute Gasteiger partial charge is 0.222 e. The summed E-state index contributed by atoms with van der Waals surface area (Å²) in [7, 11) is 0. The average Bonchev–Trinajstić information content (AvgIpc) is 3.02. The molecule has 0 bridgehead atoms. The molecule has 1 aromatic rings. The maximum Gasteiger partial charge on any atom is 0.222 e. The van der Waals surface area contributed by atoms with Crippen LogP contribution in [-0.2, 0) is 16.0 Å². The zero-order valence-electron chi connectivity index (χ0n) is 13.8. The van der Waals surface area contributed by atoms with E-state index in [4.69, 9.17) is 4.74 Å². The molecule has 1 N–H and O–H groups in total. The predicted octanol–water partition coefficient (Wildman–Crippen LogP) is 2.35. The Morgan fingerprint density at radius 1 is 1.43 bits per heavy atom. The molecule has 0 radical (unpaired) electrons. The van der Waals surface area contributed by atoms with E-state index in [1.807, 2.05) is 24.0 Å². The molecular weight excluding hydrogens is 292 g/mol. The third-order valence-corrected chi connectivity index (χ3v) is 4.76. The van der Waals surface area contributed by atoms with Crippen molar-refractivity contribution in [3.8, 4) is 5.75 Å². The van der Waals surface area contributed by atoms with Crippen molar-refractivity contribution < 1.29 is 14.3 Å². The van der Waals surface area contributed by atoms with Crippen LogP contribution in [0.4, 0.5) is 5.69 Å². The number of benzene rings is 1. The molecule has 0 aromatic heterocycles. The van der Waals surface area contributed by atoms with Crippen LogP contribution in [0.15, 0.2) is 12.1 Å². The Balaban J connectivity index is 1.92. The van der Waals surface area contributed by atoms with Crippen molar-refractivity contribution in [3.05, 3.63) is 23.3 Å². The number of carbonyl (C=O) groups excluding carboxylic acids is 2. The molecule has 5 heteroatoms. The lowest BCUT2D eigenvalue weighted by molar-refractivity contribution is -0.134. The first-order chi connectivity index (χ1) is 11.2. The average molecular weight is 316 g/mol. The van der Waals surface area contributed by atoms with Gasteiger partial charge in [0.05, 0.1) is 12.0 Å². The first-order valence-electron chi connectivity index (χ1n) is 8.46. The van der Waals surface area contributed by atoms with Gasteiger partial charge in [-0.3, -0.25) is 4.79 Å². The number of hydrogen-bond donors (Lipinski definition) is 1. The number of aldehydes is 1. The number of rotatable bonds is 5. The summed E-state index contributed by atoms with van der Waals surface area (Å²) < 4.78 is 5.94. The normalized spacial score (nSPS) is 21.7. The number of anilines is 1. The summed E-state index contributed by atoms with van der Waals surface area (Å²) in [4.78, 5) is 25.6. The first kappa shape index (κ1) is 15.8. The zero-order valence-corrected chi connectivity index (χ0v) is 13.8. The molecule has 0 saturated carbocycles. The molecule has 0 aliphatic carbocycles. The van der Waals surface area contributed by atoms with Crippen LogP contribution in [0.5, 0.6) is 5.75 Å². The Labute approximate surface area is 137 Å². The maximum atomic E-state index is 12.3. The Morgan fingerprint density at radius 2 is 2.26 bits per heavy atom. The van der Waals surface area contributed by atoms with Gasteiger partial charge in [-0.25, -0.2) is 0 Å². The van der Waals surface area contributed by atoms with E-state index in [0.717, 1.165) is 48.2 Å².